The maximum absolute atomic E-state index is 12.7. The van der Waals surface area contributed by atoms with Crippen LogP contribution in [0.15, 0.2) is 36.4 Å². The number of rotatable bonds is 10. The van der Waals surface area contributed by atoms with Gasteiger partial charge in [0, 0.05) is 41.8 Å². The number of aryl methyl sites for hydroxylation is 1. The number of benzene rings is 2. The molecule has 39 heavy (non-hydrogen) atoms. The van der Waals surface area contributed by atoms with Crippen molar-refractivity contribution in [1.29, 1.82) is 0 Å². The van der Waals surface area contributed by atoms with Crippen LogP contribution in [0, 0.1) is 6.92 Å². The highest BCUT2D eigenvalue weighted by Gasteiger charge is 2.21. The first-order valence-corrected chi connectivity index (χ1v) is 15.0. The minimum Gasteiger partial charge on any atom is -0.389 e. The molecule has 2 aromatic heterocycles. The standard InChI is InChI=1S/C24H27Cl3N6O4S2/c1-13-6-7-15(32-39(35)37-20-10-17(26)16(25)9-18(20)27)8-19(13)36-38(34)28-12-14(2)23-30-29-22-11-21(24(3,4)5)31-33(22)23/h6-11,14,28,31-32H,12H2,1-5H3. The van der Waals surface area contributed by atoms with Gasteiger partial charge >= 0.3 is 11.3 Å². The molecule has 0 fully saturated rings. The van der Waals surface area contributed by atoms with Crippen molar-refractivity contribution in [2.45, 2.75) is 46.0 Å². The lowest BCUT2D eigenvalue weighted by Crippen LogP contribution is -2.27. The van der Waals surface area contributed by atoms with Gasteiger partial charge in [-0.1, -0.05) is 68.6 Å². The summed E-state index contributed by atoms with van der Waals surface area (Å²) < 4.78 is 43.5. The van der Waals surface area contributed by atoms with Gasteiger partial charge in [-0.2, -0.15) is 8.42 Å². The minimum atomic E-state index is -2.02. The zero-order valence-electron chi connectivity index (χ0n) is 21.7. The van der Waals surface area contributed by atoms with Crippen LogP contribution in [0.1, 0.15) is 50.7 Å². The molecule has 3 unspecified atom stereocenters. The largest absolute Gasteiger partial charge is 0.389 e. The number of fused-ring (bicyclic) bond motifs is 1. The Kier molecular flexibility index (Phi) is 9.14. The summed E-state index contributed by atoms with van der Waals surface area (Å²) in [6.07, 6.45) is 0. The van der Waals surface area contributed by atoms with Gasteiger partial charge in [0.05, 0.1) is 20.8 Å². The maximum atomic E-state index is 12.7. The van der Waals surface area contributed by atoms with E-state index in [1.165, 1.54) is 12.1 Å². The number of aromatic amines is 1. The molecule has 2 heterocycles. The van der Waals surface area contributed by atoms with Crippen molar-refractivity contribution in [1.82, 2.24) is 24.5 Å². The third-order valence-electron chi connectivity index (χ3n) is 5.67. The molecule has 2 aromatic carbocycles. The van der Waals surface area contributed by atoms with Gasteiger partial charge in [-0.25, -0.2) is 9.24 Å². The molecule has 10 nitrogen and oxygen atoms in total. The van der Waals surface area contributed by atoms with Crippen molar-refractivity contribution < 1.29 is 16.8 Å². The first-order chi connectivity index (χ1) is 18.3. The maximum Gasteiger partial charge on any atom is 0.316 e. The summed E-state index contributed by atoms with van der Waals surface area (Å²) in [4.78, 5) is 0. The Morgan fingerprint density at radius 1 is 0.974 bits per heavy atom. The van der Waals surface area contributed by atoms with Crippen molar-refractivity contribution >= 4 is 68.7 Å². The predicted octanol–water partition coefficient (Wildman–Crippen LogP) is 6.04. The molecule has 4 rings (SSSR count). The first kappa shape index (κ1) is 29.6. The molecule has 0 saturated carbocycles. The monoisotopic (exact) mass is 632 g/mol. The number of hydrogen-bond donors (Lipinski definition) is 3. The van der Waals surface area contributed by atoms with Crippen LogP contribution in [0.25, 0.3) is 5.65 Å². The van der Waals surface area contributed by atoms with E-state index in [0.717, 1.165) is 16.9 Å². The van der Waals surface area contributed by atoms with Crippen molar-refractivity contribution in [2.24, 2.45) is 0 Å². The summed E-state index contributed by atoms with van der Waals surface area (Å²) in [7, 11) is 0. The highest BCUT2D eigenvalue weighted by molar-refractivity contribution is 7.82. The van der Waals surface area contributed by atoms with Gasteiger partial charge in [0.15, 0.2) is 17.2 Å². The summed E-state index contributed by atoms with van der Waals surface area (Å²) in [5.74, 6) is 1.00. The summed E-state index contributed by atoms with van der Waals surface area (Å²) >= 11 is 14.1. The molecule has 0 aliphatic rings. The van der Waals surface area contributed by atoms with Crippen molar-refractivity contribution in [3.8, 4) is 11.5 Å². The van der Waals surface area contributed by atoms with Crippen LogP contribution in [0.4, 0.5) is 5.69 Å². The number of anilines is 1. The number of halogens is 3. The van der Waals surface area contributed by atoms with Crippen molar-refractivity contribution in [3.05, 3.63) is 68.5 Å². The van der Waals surface area contributed by atoms with E-state index in [4.69, 9.17) is 43.2 Å². The Morgan fingerprint density at radius 2 is 1.67 bits per heavy atom. The number of nitrogens with one attached hydrogen (secondary N) is 3. The van der Waals surface area contributed by atoms with Gasteiger partial charge in [0.25, 0.3) is 11.3 Å². The molecule has 0 aliphatic carbocycles. The van der Waals surface area contributed by atoms with Crippen LogP contribution in [0.2, 0.25) is 15.1 Å². The summed E-state index contributed by atoms with van der Waals surface area (Å²) in [5.41, 5.74) is 2.83. The van der Waals surface area contributed by atoms with Crippen LogP contribution in [-0.4, -0.2) is 34.8 Å². The molecule has 210 valence electrons. The van der Waals surface area contributed by atoms with Crippen LogP contribution in [0.3, 0.4) is 0 Å². The Balaban J connectivity index is 1.36. The average molecular weight is 634 g/mol. The molecule has 0 amide bonds. The molecule has 0 spiro atoms. The Labute approximate surface area is 246 Å². The fourth-order valence-electron chi connectivity index (χ4n) is 3.42. The molecule has 0 radical (unpaired) electrons. The third kappa shape index (κ3) is 7.24. The molecule has 0 aliphatic heterocycles. The van der Waals surface area contributed by atoms with E-state index in [9.17, 15) is 8.42 Å². The third-order valence-corrected chi connectivity index (χ3v) is 8.15. The zero-order chi connectivity index (χ0) is 28.5. The summed E-state index contributed by atoms with van der Waals surface area (Å²) in [5, 5.41) is 12.5. The second-order valence-corrected chi connectivity index (χ2v) is 12.8. The molecule has 15 heteroatoms. The van der Waals surface area contributed by atoms with E-state index >= 15 is 0 Å². The number of H-pyrrole nitrogens is 1. The Bertz CT molecular complexity index is 1550. The quantitative estimate of drug-likeness (QED) is 0.183. The molecule has 3 N–H and O–H groups in total. The summed E-state index contributed by atoms with van der Waals surface area (Å²) in [6, 6.07) is 9.70. The zero-order valence-corrected chi connectivity index (χ0v) is 25.6. The lowest BCUT2D eigenvalue weighted by atomic mass is 9.93. The van der Waals surface area contributed by atoms with Gasteiger partial charge < -0.3 is 8.37 Å². The van der Waals surface area contributed by atoms with Crippen LogP contribution in [0.5, 0.6) is 11.5 Å². The molecule has 3 atom stereocenters. The SMILES string of the molecule is Cc1ccc(NS(=O)Oc2cc(Cl)c(Cl)cc2Cl)cc1OS(=O)NCC(C)c1nnc2cc(C(C)(C)C)[nH]n12. The first-order valence-electron chi connectivity index (χ1n) is 11.7. The van der Waals surface area contributed by atoms with E-state index in [1.807, 2.05) is 17.5 Å². The van der Waals surface area contributed by atoms with E-state index < -0.39 is 22.5 Å². The van der Waals surface area contributed by atoms with Gasteiger partial charge in [0.2, 0.25) is 0 Å². The normalized spacial score (nSPS) is 14.3. The summed E-state index contributed by atoms with van der Waals surface area (Å²) in [6.45, 7) is 10.4. The molecule has 4 aromatic rings. The Hall–Kier alpha value is -2.35. The van der Waals surface area contributed by atoms with Crippen LogP contribution < -0.4 is 17.8 Å². The van der Waals surface area contributed by atoms with Gasteiger partial charge in [-0.05, 0) is 24.6 Å². The second-order valence-electron chi connectivity index (χ2n) is 9.84. The van der Waals surface area contributed by atoms with Gasteiger partial charge in [-0.15, -0.1) is 10.2 Å². The van der Waals surface area contributed by atoms with Gasteiger partial charge in [-0.3, -0.25) is 9.82 Å². The number of hydrogen-bond acceptors (Lipinski definition) is 6. The van der Waals surface area contributed by atoms with E-state index in [-0.39, 0.29) is 32.2 Å². The smallest absolute Gasteiger partial charge is 0.316 e. The highest BCUT2D eigenvalue weighted by atomic mass is 35.5. The lowest BCUT2D eigenvalue weighted by molar-refractivity contribution is 0.534. The number of nitrogens with zero attached hydrogens (tertiary/aromatic N) is 3. The molecule has 0 bridgehead atoms. The average Bonchev–Trinajstić information content (AvgIpc) is 3.44. The van der Waals surface area contributed by atoms with Crippen LogP contribution >= 0.6 is 34.8 Å². The topological polar surface area (TPSA) is 123 Å². The van der Waals surface area contributed by atoms with E-state index in [2.05, 4.69) is 45.5 Å². The van der Waals surface area contributed by atoms with Crippen molar-refractivity contribution in [2.75, 3.05) is 11.3 Å². The van der Waals surface area contributed by atoms with Crippen molar-refractivity contribution in [3.63, 3.8) is 0 Å². The fraction of sp³-hybridized carbons (Fsp3) is 0.333. The van der Waals surface area contributed by atoms with E-state index in [0.29, 0.717) is 23.8 Å². The predicted molar refractivity (Wildman–Crippen MR) is 156 cm³/mol. The van der Waals surface area contributed by atoms with E-state index in [1.54, 1.807) is 25.1 Å². The molecular formula is C24H27Cl3N6O4S2. The Morgan fingerprint density at radius 3 is 2.38 bits per heavy atom. The highest BCUT2D eigenvalue weighted by Crippen LogP contribution is 2.34. The van der Waals surface area contributed by atoms with Gasteiger partial charge in [0.1, 0.15) is 5.75 Å². The molecule has 0 saturated heterocycles. The lowest BCUT2D eigenvalue weighted by Gasteiger charge is -2.16. The van der Waals surface area contributed by atoms with Crippen LogP contribution in [-0.2, 0) is 27.9 Å². The minimum absolute atomic E-state index is 0.0641. The number of aromatic nitrogens is 4. The fourth-order valence-corrected chi connectivity index (χ4v) is 5.49. The second kappa shape index (κ2) is 12.0. The molecular weight excluding hydrogens is 607 g/mol.